The van der Waals surface area contributed by atoms with Gasteiger partial charge in [-0.15, -0.1) is 10.2 Å². The molecule has 44 heavy (non-hydrogen) atoms. The maximum atomic E-state index is 14.6. The quantitative estimate of drug-likeness (QED) is 0.241. The molecule has 2 aliphatic carbocycles. The number of rotatable bonds is 10. The van der Waals surface area contributed by atoms with Gasteiger partial charge in [0.2, 0.25) is 5.28 Å². The van der Waals surface area contributed by atoms with Crippen molar-refractivity contribution in [3.63, 3.8) is 0 Å². The van der Waals surface area contributed by atoms with Crippen molar-refractivity contribution in [2.24, 2.45) is 17.3 Å². The molecule has 3 aromatic rings. The average molecular weight is 627 g/mol. The highest BCUT2D eigenvalue weighted by molar-refractivity contribution is 6.28. The SMILES string of the molecule is COC1(OC)CC([C@@H](C(C)C)N2CC3(CCN(c4nc(Cl)nnc4Oc4ccc(F)cc4-c4c(C)noc4C4CC4)C3)C2)C1. The Morgan fingerprint density at radius 3 is 2.52 bits per heavy atom. The number of anilines is 1. The van der Waals surface area contributed by atoms with Crippen molar-refractivity contribution in [3.05, 3.63) is 40.8 Å². The van der Waals surface area contributed by atoms with E-state index >= 15 is 0 Å². The van der Waals surface area contributed by atoms with E-state index in [2.05, 4.69) is 44.0 Å². The summed E-state index contributed by atoms with van der Waals surface area (Å²) in [4.78, 5) is 9.41. The molecule has 4 aliphatic rings. The molecule has 0 amide bonds. The lowest BCUT2D eigenvalue weighted by atomic mass is 9.67. The van der Waals surface area contributed by atoms with Crippen molar-refractivity contribution in [3.8, 4) is 22.8 Å². The molecule has 2 aromatic heterocycles. The molecule has 4 fully saturated rings. The number of halogens is 2. The van der Waals surface area contributed by atoms with E-state index in [-0.39, 0.29) is 22.4 Å². The zero-order chi connectivity index (χ0) is 30.8. The van der Waals surface area contributed by atoms with Crippen LogP contribution >= 0.6 is 11.6 Å². The predicted octanol–water partition coefficient (Wildman–Crippen LogP) is 6.23. The number of aromatic nitrogens is 4. The standard InChI is InChI=1S/C32H40ClFN6O4/c1-18(2)26(21-13-32(14-21,41-4)42-5)40-16-31(17-40)10-11-39(15-31)28-29(36-37-30(33)35-28)43-24-9-8-22(34)12-23(24)25-19(3)38-44-27(25)20-6-7-20/h8-9,12,18,20-21,26H,6-7,10-11,13-17H2,1-5H3/t26-/m1/s1. The molecule has 4 heterocycles. The van der Waals surface area contributed by atoms with Crippen LogP contribution in [0.4, 0.5) is 10.2 Å². The summed E-state index contributed by atoms with van der Waals surface area (Å²) in [5.74, 6) is 2.56. The van der Waals surface area contributed by atoms with Crippen molar-refractivity contribution in [1.29, 1.82) is 0 Å². The van der Waals surface area contributed by atoms with Gasteiger partial charge in [-0.3, -0.25) is 4.90 Å². The van der Waals surface area contributed by atoms with Crippen LogP contribution in [0.3, 0.4) is 0 Å². The first-order valence-corrected chi connectivity index (χ1v) is 15.9. The summed E-state index contributed by atoms with van der Waals surface area (Å²) in [7, 11) is 3.47. The van der Waals surface area contributed by atoms with E-state index in [1.165, 1.54) is 12.1 Å². The van der Waals surface area contributed by atoms with Gasteiger partial charge in [0.05, 0.1) is 11.3 Å². The molecule has 1 atom stereocenters. The first-order valence-electron chi connectivity index (χ1n) is 15.6. The molecular formula is C32H40ClFN6O4. The number of hydrogen-bond donors (Lipinski definition) is 0. The van der Waals surface area contributed by atoms with Gasteiger partial charge < -0.3 is 23.6 Å². The second kappa shape index (κ2) is 11.2. The zero-order valence-electron chi connectivity index (χ0n) is 26.0. The summed E-state index contributed by atoms with van der Waals surface area (Å²) < 4.78 is 38.0. The fraction of sp³-hybridized carbons (Fsp3) is 0.625. The lowest BCUT2D eigenvalue weighted by Gasteiger charge is -2.58. The third-order valence-electron chi connectivity index (χ3n) is 10.2. The summed E-state index contributed by atoms with van der Waals surface area (Å²) in [6.07, 6.45) is 4.93. The number of aryl methyl sites for hydroxylation is 1. The topological polar surface area (TPSA) is 98.9 Å². The largest absolute Gasteiger partial charge is 0.434 e. The van der Waals surface area contributed by atoms with E-state index < -0.39 is 5.79 Å². The number of ether oxygens (including phenoxy) is 3. The monoisotopic (exact) mass is 626 g/mol. The second-order valence-corrected chi connectivity index (χ2v) is 13.9. The fourth-order valence-corrected chi connectivity index (χ4v) is 7.97. The highest BCUT2D eigenvalue weighted by atomic mass is 35.5. The summed E-state index contributed by atoms with van der Waals surface area (Å²) >= 11 is 6.27. The molecule has 0 radical (unpaired) electrons. The Kier molecular flexibility index (Phi) is 7.58. The van der Waals surface area contributed by atoms with E-state index in [1.807, 2.05) is 6.92 Å². The Hall–Kier alpha value is -2.86. The third kappa shape index (κ3) is 5.25. The van der Waals surface area contributed by atoms with Gasteiger partial charge in [-0.1, -0.05) is 19.0 Å². The molecule has 1 spiro atoms. The van der Waals surface area contributed by atoms with E-state index in [0.29, 0.717) is 46.6 Å². The van der Waals surface area contributed by atoms with Crippen LogP contribution in [0, 0.1) is 30.0 Å². The Bertz CT molecular complexity index is 1530. The number of benzene rings is 1. The first kappa shape index (κ1) is 29.8. The van der Waals surface area contributed by atoms with Gasteiger partial charge in [-0.05, 0) is 67.8 Å². The van der Waals surface area contributed by atoms with Crippen LogP contribution in [0.25, 0.3) is 11.1 Å². The second-order valence-electron chi connectivity index (χ2n) is 13.5. The van der Waals surface area contributed by atoms with Crippen LogP contribution in [0.15, 0.2) is 22.7 Å². The van der Waals surface area contributed by atoms with Gasteiger partial charge in [0.25, 0.3) is 5.88 Å². The molecule has 7 rings (SSSR count). The molecule has 2 saturated carbocycles. The predicted molar refractivity (Wildman–Crippen MR) is 162 cm³/mol. The Morgan fingerprint density at radius 1 is 1.09 bits per heavy atom. The van der Waals surface area contributed by atoms with Gasteiger partial charge in [0.1, 0.15) is 17.3 Å². The van der Waals surface area contributed by atoms with Crippen LogP contribution in [0.1, 0.15) is 63.3 Å². The van der Waals surface area contributed by atoms with Crippen molar-refractivity contribution < 1.29 is 23.1 Å². The molecule has 0 bridgehead atoms. The van der Waals surface area contributed by atoms with Crippen molar-refractivity contribution in [2.45, 2.75) is 70.6 Å². The number of nitrogens with zero attached hydrogens (tertiary/aromatic N) is 6. The lowest BCUT2D eigenvalue weighted by molar-refractivity contribution is -0.282. The maximum absolute atomic E-state index is 14.6. The fourth-order valence-electron chi connectivity index (χ4n) is 7.85. The van der Waals surface area contributed by atoms with Crippen LogP contribution in [-0.4, -0.2) is 77.5 Å². The Balaban J connectivity index is 1.10. The van der Waals surface area contributed by atoms with Gasteiger partial charge in [0, 0.05) is 76.2 Å². The minimum absolute atomic E-state index is 0.0541. The number of likely N-dealkylation sites (tertiary alicyclic amines) is 1. The highest BCUT2D eigenvalue weighted by Gasteiger charge is 2.56. The molecule has 10 nitrogen and oxygen atoms in total. The summed E-state index contributed by atoms with van der Waals surface area (Å²) in [5.41, 5.74) is 2.19. The molecule has 0 N–H and O–H groups in total. The minimum atomic E-state index is -0.434. The zero-order valence-corrected chi connectivity index (χ0v) is 26.7. The highest BCUT2D eigenvalue weighted by Crippen LogP contribution is 2.51. The minimum Gasteiger partial charge on any atom is -0.434 e. The molecule has 1 aromatic carbocycles. The van der Waals surface area contributed by atoms with Crippen molar-refractivity contribution >= 4 is 17.4 Å². The van der Waals surface area contributed by atoms with Crippen LogP contribution in [0.5, 0.6) is 11.6 Å². The third-order valence-corrected chi connectivity index (χ3v) is 10.3. The van der Waals surface area contributed by atoms with E-state index in [0.717, 1.165) is 69.6 Å². The average Bonchev–Trinajstić information content (AvgIpc) is 3.59. The van der Waals surface area contributed by atoms with Gasteiger partial charge in [-0.2, -0.15) is 4.98 Å². The molecule has 12 heteroatoms. The molecule has 236 valence electrons. The van der Waals surface area contributed by atoms with Gasteiger partial charge in [0.15, 0.2) is 11.6 Å². The molecule has 0 unspecified atom stereocenters. The van der Waals surface area contributed by atoms with Crippen LogP contribution < -0.4 is 9.64 Å². The van der Waals surface area contributed by atoms with E-state index in [9.17, 15) is 4.39 Å². The first-order chi connectivity index (χ1) is 21.1. The van der Waals surface area contributed by atoms with Crippen LogP contribution in [0.2, 0.25) is 5.28 Å². The van der Waals surface area contributed by atoms with Gasteiger partial charge >= 0.3 is 0 Å². The summed E-state index contributed by atoms with van der Waals surface area (Å²) in [6, 6.07) is 4.93. The van der Waals surface area contributed by atoms with Crippen molar-refractivity contribution in [2.75, 3.05) is 45.3 Å². The van der Waals surface area contributed by atoms with Crippen LogP contribution in [-0.2, 0) is 9.47 Å². The molecule has 2 aliphatic heterocycles. The van der Waals surface area contributed by atoms with E-state index in [1.54, 1.807) is 20.3 Å². The normalized spacial score (nSPS) is 22.0. The smallest absolute Gasteiger partial charge is 0.282 e. The van der Waals surface area contributed by atoms with E-state index in [4.69, 9.17) is 30.3 Å². The summed E-state index contributed by atoms with van der Waals surface area (Å²) in [5, 5.41) is 12.5. The lowest BCUT2D eigenvalue weighted by Crippen LogP contribution is -2.66. The van der Waals surface area contributed by atoms with Crippen molar-refractivity contribution in [1.82, 2.24) is 25.2 Å². The number of methoxy groups -OCH3 is 2. The molecular weight excluding hydrogens is 587 g/mol. The molecule has 2 saturated heterocycles. The number of hydrogen-bond acceptors (Lipinski definition) is 10. The van der Waals surface area contributed by atoms with Gasteiger partial charge in [-0.25, -0.2) is 4.39 Å². The maximum Gasteiger partial charge on any atom is 0.282 e. The Morgan fingerprint density at radius 2 is 1.84 bits per heavy atom. The summed E-state index contributed by atoms with van der Waals surface area (Å²) in [6.45, 7) is 10.2. The Labute approximate surface area is 262 Å².